The summed E-state index contributed by atoms with van der Waals surface area (Å²) in [5.41, 5.74) is 2.33. The van der Waals surface area contributed by atoms with Gasteiger partial charge in [0.25, 0.3) is 0 Å². The Hall–Kier alpha value is -2.20. The molecule has 2 atom stereocenters. The van der Waals surface area contributed by atoms with E-state index < -0.39 is 6.10 Å². The number of aromatic nitrogens is 1. The van der Waals surface area contributed by atoms with Crippen molar-refractivity contribution in [2.24, 2.45) is 5.92 Å². The fourth-order valence-corrected chi connectivity index (χ4v) is 3.13. The summed E-state index contributed by atoms with van der Waals surface area (Å²) < 4.78 is 0. The summed E-state index contributed by atoms with van der Waals surface area (Å²) in [5, 5.41) is 10.2. The topological polar surface area (TPSA) is 53.4 Å². The van der Waals surface area contributed by atoms with Crippen LogP contribution in [0.2, 0.25) is 0 Å². The van der Waals surface area contributed by atoms with Crippen LogP contribution < -0.4 is 0 Å². The van der Waals surface area contributed by atoms with Crippen molar-refractivity contribution in [3.63, 3.8) is 0 Å². The van der Waals surface area contributed by atoms with Gasteiger partial charge in [-0.3, -0.25) is 9.78 Å². The van der Waals surface area contributed by atoms with Crippen LogP contribution in [0.1, 0.15) is 17.5 Å². The number of amides is 1. The third-order valence-corrected chi connectivity index (χ3v) is 4.48. The van der Waals surface area contributed by atoms with Crippen LogP contribution in [0.3, 0.4) is 0 Å². The van der Waals surface area contributed by atoms with Gasteiger partial charge in [0.1, 0.15) is 0 Å². The van der Waals surface area contributed by atoms with Crippen LogP contribution in [0.5, 0.6) is 0 Å². The molecule has 0 radical (unpaired) electrons. The summed E-state index contributed by atoms with van der Waals surface area (Å²) in [4.78, 5) is 18.2. The maximum Gasteiger partial charge on any atom is 0.223 e. The molecule has 2 unspecified atom stereocenters. The average Bonchev–Trinajstić information content (AvgIpc) is 2.95. The van der Waals surface area contributed by atoms with E-state index in [1.54, 1.807) is 17.3 Å². The largest absolute Gasteiger partial charge is 0.391 e. The lowest BCUT2D eigenvalue weighted by atomic mass is 9.97. The van der Waals surface area contributed by atoms with Gasteiger partial charge in [-0.15, -0.1) is 0 Å². The number of carbonyl (C=O) groups is 1. The van der Waals surface area contributed by atoms with Crippen LogP contribution >= 0.6 is 0 Å². The molecule has 1 aromatic heterocycles. The molecule has 0 saturated carbocycles. The number of benzene rings is 1. The van der Waals surface area contributed by atoms with Gasteiger partial charge in [-0.1, -0.05) is 30.3 Å². The second kappa shape index (κ2) is 7.38. The van der Waals surface area contributed by atoms with Crippen molar-refractivity contribution in [1.29, 1.82) is 0 Å². The van der Waals surface area contributed by atoms with E-state index in [0.29, 0.717) is 19.5 Å². The monoisotopic (exact) mass is 310 g/mol. The number of aliphatic hydroxyl groups excluding tert-OH is 1. The third kappa shape index (κ3) is 4.17. The number of carbonyl (C=O) groups excluding carboxylic acids is 1. The summed E-state index contributed by atoms with van der Waals surface area (Å²) in [7, 11) is 0. The quantitative estimate of drug-likeness (QED) is 0.920. The van der Waals surface area contributed by atoms with Crippen molar-refractivity contribution in [3.05, 3.63) is 66.0 Å². The van der Waals surface area contributed by atoms with E-state index in [4.69, 9.17) is 0 Å². The number of aliphatic hydroxyl groups is 1. The summed E-state index contributed by atoms with van der Waals surface area (Å²) in [6.45, 7) is 1.08. The second-order valence-electron chi connectivity index (χ2n) is 6.17. The Labute approximate surface area is 136 Å². The van der Waals surface area contributed by atoms with Gasteiger partial charge in [0.2, 0.25) is 5.91 Å². The van der Waals surface area contributed by atoms with Crippen molar-refractivity contribution in [1.82, 2.24) is 9.88 Å². The van der Waals surface area contributed by atoms with E-state index in [1.807, 2.05) is 42.5 Å². The van der Waals surface area contributed by atoms with Gasteiger partial charge >= 0.3 is 0 Å². The van der Waals surface area contributed by atoms with E-state index in [2.05, 4.69) is 4.98 Å². The molecule has 1 aromatic carbocycles. The zero-order valence-electron chi connectivity index (χ0n) is 13.1. The van der Waals surface area contributed by atoms with Crippen LogP contribution in [0.15, 0.2) is 54.9 Å². The standard InChI is InChI=1S/C19H22N2O2/c22-18-14-21(13-17(18)12-16-8-10-20-11-9-16)19(23)7-6-15-4-2-1-3-5-15/h1-5,8-11,17-18,22H,6-7,12-14H2. The molecular weight excluding hydrogens is 288 g/mol. The van der Waals surface area contributed by atoms with Crippen LogP contribution in [0, 0.1) is 5.92 Å². The summed E-state index contributed by atoms with van der Waals surface area (Å²) in [6, 6.07) is 14.0. The van der Waals surface area contributed by atoms with Gasteiger partial charge in [0, 0.05) is 37.8 Å². The molecule has 1 aliphatic heterocycles. The molecule has 1 fully saturated rings. The molecule has 23 heavy (non-hydrogen) atoms. The molecule has 120 valence electrons. The number of rotatable bonds is 5. The van der Waals surface area contributed by atoms with E-state index >= 15 is 0 Å². The van der Waals surface area contributed by atoms with Gasteiger partial charge in [-0.05, 0) is 36.1 Å². The Morgan fingerprint density at radius 3 is 2.57 bits per heavy atom. The fourth-order valence-electron chi connectivity index (χ4n) is 3.13. The molecule has 3 rings (SSSR count). The minimum Gasteiger partial charge on any atom is -0.391 e. The highest BCUT2D eigenvalue weighted by Gasteiger charge is 2.33. The van der Waals surface area contributed by atoms with Crippen LogP contribution in [-0.4, -0.2) is 40.1 Å². The Balaban J connectivity index is 1.52. The highest BCUT2D eigenvalue weighted by molar-refractivity contribution is 5.76. The van der Waals surface area contributed by atoms with E-state index in [1.165, 1.54) is 5.56 Å². The van der Waals surface area contributed by atoms with Crippen molar-refractivity contribution in [2.75, 3.05) is 13.1 Å². The minimum absolute atomic E-state index is 0.109. The predicted molar refractivity (Wildman–Crippen MR) is 88.8 cm³/mol. The highest BCUT2D eigenvalue weighted by atomic mass is 16.3. The molecule has 4 heteroatoms. The number of β-amino-alcohol motifs (C(OH)–C–C–N with tert-alkyl or cyclic N) is 1. The lowest BCUT2D eigenvalue weighted by Crippen LogP contribution is -2.29. The van der Waals surface area contributed by atoms with Crippen molar-refractivity contribution in [3.8, 4) is 0 Å². The maximum atomic E-state index is 12.4. The number of likely N-dealkylation sites (tertiary alicyclic amines) is 1. The number of hydrogen-bond acceptors (Lipinski definition) is 3. The maximum absolute atomic E-state index is 12.4. The van der Waals surface area contributed by atoms with Gasteiger partial charge < -0.3 is 10.0 Å². The molecule has 0 spiro atoms. The number of pyridine rings is 1. The van der Waals surface area contributed by atoms with Crippen LogP contribution in [0.4, 0.5) is 0 Å². The molecule has 1 saturated heterocycles. The van der Waals surface area contributed by atoms with Crippen LogP contribution in [-0.2, 0) is 17.6 Å². The van der Waals surface area contributed by atoms with Crippen molar-refractivity contribution in [2.45, 2.75) is 25.4 Å². The molecule has 2 aromatic rings. The second-order valence-corrected chi connectivity index (χ2v) is 6.17. The van der Waals surface area contributed by atoms with Gasteiger partial charge in [-0.25, -0.2) is 0 Å². The third-order valence-electron chi connectivity index (χ3n) is 4.48. The SMILES string of the molecule is O=C(CCc1ccccc1)N1CC(O)C(Cc2ccncc2)C1. The Morgan fingerprint density at radius 1 is 1.09 bits per heavy atom. The summed E-state index contributed by atoms with van der Waals surface area (Å²) in [5.74, 6) is 0.239. The molecular formula is C19H22N2O2. The van der Waals surface area contributed by atoms with Gasteiger partial charge in [0.05, 0.1) is 6.10 Å². The molecule has 1 N–H and O–H groups in total. The minimum atomic E-state index is -0.441. The van der Waals surface area contributed by atoms with Crippen molar-refractivity contribution < 1.29 is 9.90 Å². The van der Waals surface area contributed by atoms with Crippen molar-refractivity contribution >= 4 is 5.91 Å². The first-order valence-electron chi connectivity index (χ1n) is 8.11. The first-order valence-corrected chi connectivity index (χ1v) is 8.11. The molecule has 4 nitrogen and oxygen atoms in total. The van der Waals surface area contributed by atoms with Crippen LogP contribution in [0.25, 0.3) is 0 Å². The first kappa shape index (κ1) is 15.7. The zero-order chi connectivity index (χ0) is 16.1. The Kier molecular flexibility index (Phi) is 5.03. The first-order chi connectivity index (χ1) is 11.2. The Bertz CT molecular complexity index is 630. The normalized spacial score (nSPS) is 20.7. The highest BCUT2D eigenvalue weighted by Crippen LogP contribution is 2.22. The zero-order valence-corrected chi connectivity index (χ0v) is 13.1. The lowest BCUT2D eigenvalue weighted by molar-refractivity contribution is -0.130. The molecule has 0 aliphatic carbocycles. The van der Waals surface area contributed by atoms with E-state index in [0.717, 1.165) is 18.4 Å². The fraction of sp³-hybridized carbons (Fsp3) is 0.368. The molecule has 1 amide bonds. The number of aryl methyl sites for hydroxylation is 1. The average molecular weight is 310 g/mol. The lowest BCUT2D eigenvalue weighted by Gasteiger charge is -2.16. The number of nitrogens with zero attached hydrogens (tertiary/aromatic N) is 2. The predicted octanol–water partition coefficient (Wildman–Crippen LogP) is 2.08. The van der Waals surface area contributed by atoms with E-state index in [9.17, 15) is 9.90 Å². The van der Waals surface area contributed by atoms with E-state index in [-0.39, 0.29) is 11.8 Å². The summed E-state index contributed by atoms with van der Waals surface area (Å²) in [6.07, 6.45) is 5.12. The number of hydrogen-bond donors (Lipinski definition) is 1. The summed E-state index contributed by atoms with van der Waals surface area (Å²) >= 11 is 0. The molecule has 0 bridgehead atoms. The molecule has 2 heterocycles. The Morgan fingerprint density at radius 2 is 1.83 bits per heavy atom. The van der Waals surface area contributed by atoms with Gasteiger partial charge in [-0.2, -0.15) is 0 Å². The van der Waals surface area contributed by atoms with Gasteiger partial charge in [0.15, 0.2) is 0 Å². The molecule has 1 aliphatic rings. The smallest absolute Gasteiger partial charge is 0.223 e.